The van der Waals surface area contributed by atoms with E-state index in [-0.39, 0.29) is 158 Å². The number of ketones is 1. The molecule has 0 spiro atoms. The maximum Gasteiger partial charge on any atom is 0.251 e. The Morgan fingerprint density at radius 2 is 0.753 bits per heavy atom. The molecule has 3 aromatic carbocycles. The average Bonchev–Trinajstić information content (AvgIpc) is 1.58. The highest BCUT2D eigenvalue weighted by molar-refractivity contribution is 7.81. The van der Waals surface area contributed by atoms with Crippen LogP contribution in [0, 0.1) is 0 Å². The Balaban J connectivity index is 1.61. The Morgan fingerprint density at radius 1 is 0.409 bits per heavy atom. The largest absolute Gasteiger partial charge is 0.755 e. The molecule has 0 fully saturated rings. The zero-order valence-corrected chi connectivity index (χ0v) is 56.5. The summed E-state index contributed by atoms with van der Waals surface area (Å²) in [6.07, 6.45) is 4.69. The second-order valence-corrected chi connectivity index (χ2v) is 27.9. The third kappa shape index (κ3) is 36.6. The molecular formula is C60H90N10O19PS3-3. The Kier molecular flexibility index (Phi) is 39.0. The third-order valence-corrected chi connectivity index (χ3v) is 18.2. The topological polar surface area (TPSA) is 431 Å². The predicted molar refractivity (Wildman–Crippen MR) is 350 cm³/mol. The van der Waals surface area contributed by atoms with E-state index in [2.05, 4.69) is 51.4 Å². The van der Waals surface area contributed by atoms with Crippen molar-refractivity contribution in [3.8, 4) is 0 Å². The number of carbonyl (C=O) groups excluding carboxylic acids is 8. The summed E-state index contributed by atoms with van der Waals surface area (Å²) in [5.41, 5.74) is 0.410. The number of benzene rings is 3. The highest BCUT2D eigenvalue weighted by Crippen LogP contribution is 2.55. The van der Waals surface area contributed by atoms with Crippen molar-refractivity contribution < 1.29 is 87.9 Å². The number of rotatable bonds is 50. The number of unbranched alkanes of at least 4 members (excludes halogenated alkanes) is 4. The van der Waals surface area contributed by atoms with Crippen LogP contribution >= 0.6 is 7.37 Å². The van der Waals surface area contributed by atoms with E-state index in [1.165, 1.54) is 72.8 Å². The highest BCUT2D eigenvalue weighted by atomic mass is 32.2. The van der Waals surface area contributed by atoms with Gasteiger partial charge in [-0.1, -0.05) is 33.6 Å². The maximum atomic E-state index is 13.8. The Bertz CT molecular complexity index is 2700. The summed E-state index contributed by atoms with van der Waals surface area (Å²) < 4.78 is 108. The van der Waals surface area contributed by atoms with Crippen LogP contribution in [0.2, 0.25) is 0 Å². The minimum Gasteiger partial charge on any atom is -0.755 e. The van der Waals surface area contributed by atoms with Crippen LogP contribution in [-0.4, -0.2) is 176 Å². The molecule has 4 unspecified atom stereocenters. The second-order valence-electron chi connectivity index (χ2n) is 22.6. The fraction of sp³-hybridized carbons (Fsp3) is 0.567. The summed E-state index contributed by atoms with van der Waals surface area (Å²) >= 11 is -7.54. The van der Waals surface area contributed by atoms with Gasteiger partial charge >= 0.3 is 0 Å². The first-order valence-electron chi connectivity index (χ1n) is 30.6. The van der Waals surface area contributed by atoms with E-state index in [9.17, 15) is 69.2 Å². The molecule has 0 aromatic heterocycles. The van der Waals surface area contributed by atoms with Crippen LogP contribution in [0.3, 0.4) is 0 Å². The molecule has 0 aliphatic rings. The van der Waals surface area contributed by atoms with E-state index in [0.717, 1.165) is 19.3 Å². The van der Waals surface area contributed by atoms with E-state index in [1.54, 1.807) is 6.66 Å². The van der Waals surface area contributed by atoms with Gasteiger partial charge in [0.1, 0.15) is 5.54 Å². The summed E-state index contributed by atoms with van der Waals surface area (Å²) in [5.74, 6) is -2.84. The fourth-order valence-corrected chi connectivity index (χ4v) is 10.2. The van der Waals surface area contributed by atoms with E-state index < -0.39 is 69.6 Å². The molecule has 7 amide bonds. The number of amides is 7. The molecule has 10 N–H and O–H groups in total. The minimum atomic E-state index is -2.76. The van der Waals surface area contributed by atoms with Gasteiger partial charge in [-0.2, -0.15) is 0 Å². The van der Waals surface area contributed by atoms with Crippen molar-refractivity contribution in [1.29, 1.82) is 0 Å². The van der Waals surface area contributed by atoms with Gasteiger partial charge in [0, 0.05) is 157 Å². The molecule has 3 aromatic rings. The molecule has 0 bridgehead atoms. The summed E-state index contributed by atoms with van der Waals surface area (Å²) in [5, 5.41) is 19.1. The molecule has 0 saturated carbocycles. The number of anilines is 3. The lowest BCUT2D eigenvalue weighted by molar-refractivity contribution is -0.131. The van der Waals surface area contributed by atoms with E-state index in [1.807, 2.05) is 20.8 Å². The molecule has 0 heterocycles. The Hall–Kier alpha value is -6.58. The minimum absolute atomic E-state index is 0.0354. The molecule has 520 valence electrons. The summed E-state index contributed by atoms with van der Waals surface area (Å²) in [6.45, 7) is 7.92. The van der Waals surface area contributed by atoms with Crippen LogP contribution in [0.5, 0.6) is 0 Å². The zero-order chi connectivity index (χ0) is 68.5. The molecule has 0 radical (unpaired) electrons. The van der Waals surface area contributed by atoms with Gasteiger partial charge in [0.15, 0.2) is 5.78 Å². The fourth-order valence-electron chi connectivity index (χ4n) is 8.31. The number of Topliss-reactive ketones (excluding diaryl/α,β-unsaturated/α-hetero) is 1. The monoisotopic (exact) mass is 1380 g/mol. The lowest BCUT2D eigenvalue weighted by Gasteiger charge is -2.34. The van der Waals surface area contributed by atoms with Gasteiger partial charge in [0.25, 0.3) is 11.8 Å². The maximum absolute atomic E-state index is 13.8. The third-order valence-electron chi connectivity index (χ3n) is 13.9. The number of hydrogen-bond acceptors (Lipinski definition) is 19. The van der Waals surface area contributed by atoms with Crippen molar-refractivity contribution in [3.63, 3.8) is 0 Å². The van der Waals surface area contributed by atoms with Crippen LogP contribution in [0.15, 0.2) is 72.8 Å². The Morgan fingerprint density at radius 3 is 1.15 bits per heavy atom. The predicted octanol–water partition coefficient (Wildman–Crippen LogP) is 4.29. The number of hydrogen-bond donors (Lipinski definition) is 10. The molecular weight excluding hydrogens is 1290 g/mol. The van der Waals surface area contributed by atoms with Crippen LogP contribution in [0.25, 0.3) is 0 Å². The van der Waals surface area contributed by atoms with E-state index in [0.29, 0.717) is 67.6 Å². The molecule has 29 nitrogen and oxygen atoms in total. The first-order valence-corrected chi connectivity index (χ1v) is 35.9. The zero-order valence-electron chi connectivity index (χ0n) is 53.2. The molecule has 4 atom stereocenters. The SMILES string of the molecule is CC(C)(C)P(C)(=O)OCCCCCCNC(=O)CCCC(=O)NC(COCCC(=O)NCCCCC(=O)c1ccc(NS(=O)[O-])cc1)(COCCC(=O)NCCCNC(=O)c1ccc(NS(=O)[O-])cc1)COCCC(=O)NCCCNC(=O)c1ccc(NS(=O)[O-])cc1. The number of nitrogens with one attached hydrogen (secondary N) is 10. The summed E-state index contributed by atoms with van der Waals surface area (Å²) in [4.78, 5) is 103. The average molecular weight is 1380 g/mol. The van der Waals surface area contributed by atoms with E-state index in [4.69, 9.17) is 18.7 Å². The summed E-state index contributed by atoms with van der Waals surface area (Å²) in [6, 6.07) is 17.5. The van der Waals surface area contributed by atoms with Gasteiger partial charge in [0.05, 0.1) is 46.2 Å². The molecule has 0 saturated heterocycles. The number of carbonyl (C=O) groups is 8. The van der Waals surface area contributed by atoms with Gasteiger partial charge in [-0.25, -0.2) is 0 Å². The van der Waals surface area contributed by atoms with Crippen LogP contribution in [0.4, 0.5) is 17.1 Å². The van der Waals surface area contributed by atoms with Gasteiger partial charge < -0.3 is 83.8 Å². The number of ether oxygens (including phenoxy) is 3. The molecule has 93 heavy (non-hydrogen) atoms. The van der Waals surface area contributed by atoms with Gasteiger partial charge in [-0.05, 0) is 118 Å². The van der Waals surface area contributed by atoms with Crippen molar-refractivity contribution in [2.75, 3.05) is 106 Å². The van der Waals surface area contributed by atoms with E-state index >= 15 is 0 Å². The van der Waals surface area contributed by atoms with Gasteiger partial charge in [-0.3, -0.25) is 55.5 Å². The normalized spacial score (nSPS) is 13.5. The van der Waals surface area contributed by atoms with Gasteiger partial charge in [0.2, 0.25) is 36.9 Å². The van der Waals surface area contributed by atoms with Crippen molar-refractivity contribution >= 4 is 105 Å². The van der Waals surface area contributed by atoms with Crippen molar-refractivity contribution in [2.24, 2.45) is 0 Å². The first-order chi connectivity index (χ1) is 44.3. The van der Waals surface area contributed by atoms with Crippen molar-refractivity contribution in [1.82, 2.24) is 37.2 Å². The first kappa shape index (κ1) is 80.7. The van der Waals surface area contributed by atoms with Gasteiger partial charge in [-0.15, -0.1) is 0 Å². The van der Waals surface area contributed by atoms with Crippen molar-refractivity contribution in [3.05, 3.63) is 89.5 Å². The second kappa shape index (κ2) is 44.9. The molecule has 3 rings (SSSR count). The Labute approximate surface area is 551 Å². The lowest BCUT2D eigenvalue weighted by Crippen LogP contribution is -2.58. The van der Waals surface area contributed by atoms with Crippen molar-refractivity contribution in [2.45, 2.75) is 128 Å². The summed E-state index contributed by atoms with van der Waals surface area (Å²) in [7, 11) is -2.76. The van der Waals surface area contributed by atoms with Crippen LogP contribution < -0.4 is 51.4 Å². The smallest absolute Gasteiger partial charge is 0.251 e. The quantitative estimate of drug-likeness (QED) is 0.0163. The lowest BCUT2D eigenvalue weighted by atomic mass is 10.0. The molecule has 0 aliphatic heterocycles. The standard InChI is InChI=1S/C60H93N10O19PS3/c1-59(2,3)90(4,79)89-38-10-6-5-8-32-61-52(72)15-11-16-56(76)67-60(42-86-39-29-53(73)62-33-9-7-14-51(71)45-17-23-48(24-18-45)68-91(80)81,43-87-40-30-54(74)63-34-12-36-65-57(77)46-19-25-49(26-20-46)69-92(82)83)44-88-41-31-55(75)64-35-13-37-66-58(78)47-21-27-50(28-22-47)70-93(84)85/h17-28,68-70H,5-16,29-44H2,1-4H3,(H,61,72)(H,62,73)(H,63,74)(H,64,75)(H,65,77)(H,66,78)(H,67,76)(H,80,81)(H,82,83)(H,84,85)/p-3. The van der Waals surface area contributed by atoms with Crippen LogP contribution in [-0.2, 0) is 81.1 Å². The molecule has 0 aliphatic carbocycles. The van der Waals surface area contributed by atoms with Crippen LogP contribution in [0.1, 0.15) is 148 Å². The molecule has 33 heteroatoms. The highest BCUT2D eigenvalue weighted by Gasteiger charge is 2.35.